The molecule has 5 heteroatoms. The molecule has 0 unspecified atom stereocenters. The van der Waals surface area contributed by atoms with Crippen molar-refractivity contribution in [1.82, 2.24) is 20.2 Å². The number of carbonyl (C=O) groups excluding carboxylic acids is 1. The highest BCUT2D eigenvalue weighted by molar-refractivity contribution is 5.83. The summed E-state index contributed by atoms with van der Waals surface area (Å²) in [7, 11) is 0. The molecule has 0 radical (unpaired) electrons. The Morgan fingerprint density at radius 2 is 2.12 bits per heavy atom. The topological polar surface area (TPSA) is 59.0 Å². The number of nitrogens with one attached hydrogen (secondary N) is 2. The Balaban J connectivity index is 1.72. The number of fused-ring (bicyclic) bond motifs is 1. The molecular weight excluding hydrogens is 300 g/mol. The lowest BCUT2D eigenvalue weighted by molar-refractivity contribution is -0.123. The first-order chi connectivity index (χ1) is 11.6. The molecule has 1 aromatic carbocycles. The fourth-order valence-corrected chi connectivity index (χ4v) is 3.34. The van der Waals surface area contributed by atoms with Crippen molar-refractivity contribution < 1.29 is 4.79 Å². The third-order valence-corrected chi connectivity index (χ3v) is 4.46. The minimum absolute atomic E-state index is 0.0235. The highest BCUT2D eigenvalue weighted by Gasteiger charge is 2.25. The predicted molar refractivity (Wildman–Crippen MR) is 94.7 cm³/mol. The van der Waals surface area contributed by atoms with Crippen molar-refractivity contribution in [2.45, 2.75) is 51.2 Å². The highest BCUT2D eigenvalue weighted by atomic mass is 16.2. The predicted octanol–water partition coefficient (Wildman–Crippen LogP) is 2.62. The van der Waals surface area contributed by atoms with Crippen molar-refractivity contribution in [3.05, 3.63) is 54.1 Å². The zero-order chi connectivity index (χ0) is 16.9. The Bertz CT molecular complexity index is 665. The van der Waals surface area contributed by atoms with E-state index in [9.17, 15) is 4.79 Å². The average molecular weight is 326 g/mol. The van der Waals surface area contributed by atoms with Crippen LogP contribution in [0.2, 0.25) is 0 Å². The van der Waals surface area contributed by atoms with Gasteiger partial charge in [0, 0.05) is 37.4 Å². The second-order valence-corrected chi connectivity index (χ2v) is 6.73. The van der Waals surface area contributed by atoms with Gasteiger partial charge in [0.2, 0.25) is 5.91 Å². The van der Waals surface area contributed by atoms with Gasteiger partial charge in [-0.15, -0.1) is 0 Å². The first-order valence-electron chi connectivity index (χ1n) is 8.75. The lowest BCUT2D eigenvalue weighted by atomic mass is 9.97. The van der Waals surface area contributed by atoms with E-state index in [1.54, 1.807) is 0 Å². The summed E-state index contributed by atoms with van der Waals surface area (Å²) in [6, 6.07) is 9.70. The van der Waals surface area contributed by atoms with Crippen molar-refractivity contribution >= 4 is 5.91 Å². The molecule has 0 saturated heterocycles. The quantitative estimate of drug-likeness (QED) is 0.858. The van der Waals surface area contributed by atoms with Gasteiger partial charge in [-0.2, -0.15) is 0 Å². The second kappa shape index (κ2) is 7.62. The molecule has 2 heterocycles. The number of aromatic nitrogens is 2. The molecule has 1 aromatic heterocycles. The van der Waals surface area contributed by atoms with E-state index in [4.69, 9.17) is 0 Å². The van der Waals surface area contributed by atoms with Gasteiger partial charge in [0.05, 0.1) is 0 Å². The summed E-state index contributed by atoms with van der Waals surface area (Å²) in [5.41, 5.74) is 0.995. The van der Waals surface area contributed by atoms with E-state index < -0.39 is 0 Å². The molecule has 2 atom stereocenters. The van der Waals surface area contributed by atoms with Gasteiger partial charge in [0.25, 0.3) is 0 Å². The van der Waals surface area contributed by atoms with Crippen LogP contribution < -0.4 is 10.6 Å². The number of amides is 1. The van der Waals surface area contributed by atoms with Crippen molar-refractivity contribution in [2.24, 2.45) is 0 Å². The minimum Gasteiger partial charge on any atom is -0.352 e. The molecular formula is C19H26N4O. The van der Waals surface area contributed by atoms with Crippen LogP contribution >= 0.6 is 0 Å². The number of aryl methyl sites for hydroxylation is 1. The largest absolute Gasteiger partial charge is 0.352 e. The molecule has 0 spiro atoms. The number of carbonyl (C=O) groups is 1. The maximum atomic E-state index is 12.6. The molecule has 2 N–H and O–H groups in total. The SMILES string of the molecule is CC(C)NC(=O)[C@H](NC[C@H]1CCCn2ccnc21)c1ccccc1. The maximum absolute atomic E-state index is 12.6. The molecule has 0 aliphatic carbocycles. The molecule has 0 fully saturated rings. The van der Waals surface area contributed by atoms with Gasteiger partial charge < -0.3 is 15.2 Å². The van der Waals surface area contributed by atoms with Crippen LogP contribution in [0, 0.1) is 0 Å². The van der Waals surface area contributed by atoms with Gasteiger partial charge in [-0.1, -0.05) is 30.3 Å². The summed E-state index contributed by atoms with van der Waals surface area (Å²) in [4.78, 5) is 17.1. The molecule has 1 amide bonds. The number of nitrogens with zero attached hydrogens (tertiary/aromatic N) is 2. The first-order valence-corrected chi connectivity index (χ1v) is 8.75. The van der Waals surface area contributed by atoms with Gasteiger partial charge in [0.15, 0.2) is 0 Å². The van der Waals surface area contributed by atoms with Crippen molar-refractivity contribution in [1.29, 1.82) is 0 Å². The zero-order valence-electron chi connectivity index (χ0n) is 14.4. The van der Waals surface area contributed by atoms with E-state index in [0.717, 1.165) is 37.3 Å². The van der Waals surface area contributed by atoms with Crippen LogP contribution in [0.3, 0.4) is 0 Å². The van der Waals surface area contributed by atoms with Gasteiger partial charge in [-0.3, -0.25) is 4.79 Å². The number of hydrogen-bond donors (Lipinski definition) is 2. The Morgan fingerprint density at radius 3 is 2.88 bits per heavy atom. The molecule has 5 nitrogen and oxygen atoms in total. The molecule has 0 bridgehead atoms. The van der Waals surface area contributed by atoms with Gasteiger partial charge in [-0.25, -0.2) is 4.98 Å². The summed E-state index contributed by atoms with van der Waals surface area (Å²) >= 11 is 0. The molecule has 128 valence electrons. The van der Waals surface area contributed by atoms with Gasteiger partial charge in [-0.05, 0) is 32.3 Å². The van der Waals surface area contributed by atoms with Crippen LogP contribution in [0.15, 0.2) is 42.7 Å². The molecule has 3 rings (SSSR count). The number of rotatable bonds is 6. The molecule has 24 heavy (non-hydrogen) atoms. The third kappa shape index (κ3) is 3.85. The Hall–Kier alpha value is -2.14. The molecule has 0 saturated carbocycles. The third-order valence-electron chi connectivity index (χ3n) is 4.46. The summed E-state index contributed by atoms with van der Waals surface area (Å²) in [6.07, 6.45) is 6.18. The number of benzene rings is 1. The number of hydrogen-bond acceptors (Lipinski definition) is 3. The van der Waals surface area contributed by atoms with E-state index in [0.29, 0.717) is 5.92 Å². The van der Waals surface area contributed by atoms with Crippen LogP contribution in [0.4, 0.5) is 0 Å². The van der Waals surface area contributed by atoms with E-state index in [1.807, 2.05) is 56.6 Å². The Kier molecular flexibility index (Phi) is 5.30. The second-order valence-electron chi connectivity index (χ2n) is 6.73. The lowest BCUT2D eigenvalue weighted by Crippen LogP contribution is -2.42. The van der Waals surface area contributed by atoms with Crippen LogP contribution in [-0.4, -0.2) is 28.0 Å². The van der Waals surface area contributed by atoms with E-state index >= 15 is 0 Å². The normalized spacial score (nSPS) is 18.2. The van der Waals surface area contributed by atoms with Gasteiger partial charge >= 0.3 is 0 Å². The smallest absolute Gasteiger partial charge is 0.241 e. The zero-order valence-corrected chi connectivity index (χ0v) is 14.4. The van der Waals surface area contributed by atoms with E-state index in [2.05, 4.69) is 20.2 Å². The highest BCUT2D eigenvalue weighted by Crippen LogP contribution is 2.26. The van der Waals surface area contributed by atoms with E-state index in [-0.39, 0.29) is 18.0 Å². The molecule has 1 aliphatic heterocycles. The Labute approximate surface area is 143 Å². The molecule has 2 aromatic rings. The van der Waals surface area contributed by atoms with Crippen LogP contribution in [-0.2, 0) is 11.3 Å². The fourth-order valence-electron chi connectivity index (χ4n) is 3.34. The lowest BCUT2D eigenvalue weighted by Gasteiger charge is -2.26. The van der Waals surface area contributed by atoms with Crippen molar-refractivity contribution in [2.75, 3.05) is 6.54 Å². The maximum Gasteiger partial charge on any atom is 0.241 e. The average Bonchev–Trinajstić information content (AvgIpc) is 3.05. The fraction of sp³-hybridized carbons (Fsp3) is 0.474. The summed E-state index contributed by atoms with van der Waals surface area (Å²) in [5.74, 6) is 1.51. The molecule has 1 aliphatic rings. The van der Waals surface area contributed by atoms with Crippen molar-refractivity contribution in [3.8, 4) is 0 Å². The standard InChI is InChI=1S/C19H26N4O/c1-14(2)22-19(24)17(15-7-4-3-5-8-15)21-13-16-9-6-11-23-12-10-20-18(16)23/h3-5,7-8,10,12,14,16-17,21H,6,9,11,13H2,1-2H3,(H,22,24)/t16-,17-/m1/s1. The van der Waals surface area contributed by atoms with Crippen LogP contribution in [0.25, 0.3) is 0 Å². The summed E-state index contributed by atoms with van der Waals surface area (Å²) in [5, 5.41) is 6.50. The summed E-state index contributed by atoms with van der Waals surface area (Å²) in [6.45, 7) is 5.76. The number of imidazole rings is 1. The monoisotopic (exact) mass is 326 g/mol. The van der Waals surface area contributed by atoms with Gasteiger partial charge in [0.1, 0.15) is 11.9 Å². The van der Waals surface area contributed by atoms with Crippen LogP contribution in [0.5, 0.6) is 0 Å². The summed E-state index contributed by atoms with van der Waals surface area (Å²) < 4.78 is 2.22. The first kappa shape index (κ1) is 16.7. The Morgan fingerprint density at radius 1 is 1.33 bits per heavy atom. The van der Waals surface area contributed by atoms with Crippen molar-refractivity contribution in [3.63, 3.8) is 0 Å². The van der Waals surface area contributed by atoms with E-state index in [1.165, 1.54) is 0 Å². The van der Waals surface area contributed by atoms with Crippen LogP contribution in [0.1, 0.15) is 50.0 Å². The minimum atomic E-state index is -0.334.